The highest BCUT2D eigenvalue weighted by Crippen LogP contribution is 2.13. The Bertz CT molecular complexity index is 741. The van der Waals surface area contributed by atoms with Crippen molar-refractivity contribution >= 4 is 34.9 Å². The third kappa shape index (κ3) is 4.93. The van der Waals surface area contributed by atoms with Gasteiger partial charge < -0.3 is 10.1 Å². The van der Waals surface area contributed by atoms with Crippen LogP contribution in [0.4, 0.5) is 5.69 Å². The summed E-state index contributed by atoms with van der Waals surface area (Å²) in [5, 5.41) is 3.13. The van der Waals surface area contributed by atoms with Crippen molar-refractivity contribution in [3.8, 4) is 0 Å². The second-order valence-corrected chi connectivity index (χ2v) is 5.20. The molecule has 0 aromatic heterocycles. The van der Waals surface area contributed by atoms with Gasteiger partial charge in [0.05, 0.1) is 5.56 Å². The number of rotatable bonds is 5. The van der Waals surface area contributed by atoms with E-state index in [2.05, 4.69) is 5.32 Å². The smallest absolute Gasteiger partial charge is 0.338 e. The van der Waals surface area contributed by atoms with E-state index in [9.17, 15) is 14.4 Å². The Morgan fingerprint density at radius 1 is 1.04 bits per heavy atom. The molecule has 0 saturated heterocycles. The normalized spacial score (nSPS) is 10.0. The van der Waals surface area contributed by atoms with E-state index in [-0.39, 0.29) is 11.3 Å². The highest BCUT2D eigenvalue weighted by atomic mass is 35.5. The lowest BCUT2D eigenvalue weighted by Crippen LogP contribution is -2.21. The fourth-order valence-corrected chi connectivity index (χ4v) is 1.94. The third-order valence-electron chi connectivity index (χ3n) is 2.97. The van der Waals surface area contributed by atoms with Crippen LogP contribution in [-0.4, -0.2) is 24.3 Å². The number of ketones is 1. The minimum Gasteiger partial charge on any atom is -0.452 e. The van der Waals surface area contributed by atoms with Gasteiger partial charge in [0.1, 0.15) is 0 Å². The van der Waals surface area contributed by atoms with Gasteiger partial charge in [-0.1, -0.05) is 23.7 Å². The first-order chi connectivity index (χ1) is 11.0. The maximum absolute atomic E-state index is 11.9. The summed E-state index contributed by atoms with van der Waals surface area (Å²) in [4.78, 5) is 34.9. The van der Waals surface area contributed by atoms with Gasteiger partial charge in [0.2, 0.25) is 0 Å². The molecule has 0 aliphatic heterocycles. The summed E-state index contributed by atoms with van der Waals surface area (Å²) in [7, 11) is 0. The van der Waals surface area contributed by atoms with Crippen LogP contribution in [0.25, 0.3) is 0 Å². The summed E-state index contributed by atoms with van der Waals surface area (Å²) in [6.07, 6.45) is 0. The number of carbonyl (C=O) groups is 3. The molecule has 0 atom stereocenters. The van der Waals surface area contributed by atoms with E-state index in [1.807, 2.05) is 0 Å². The van der Waals surface area contributed by atoms with Gasteiger partial charge in [-0.15, -0.1) is 0 Å². The van der Waals surface area contributed by atoms with Crippen molar-refractivity contribution < 1.29 is 19.1 Å². The number of hydrogen-bond donors (Lipinski definition) is 1. The SMILES string of the molecule is CC(=O)c1cccc(C(=O)OCC(=O)Nc2ccc(Cl)cc2)c1. The quantitative estimate of drug-likeness (QED) is 0.673. The van der Waals surface area contributed by atoms with Crippen molar-refractivity contribution in [2.24, 2.45) is 0 Å². The summed E-state index contributed by atoms with van der Waals surface area (Å²) in [5.41, 5.74) is 1.18. The third-order valence-corrected chi connectivity index (χ3v) is 3.22. The van der Waals surface area contributed by atoms with Crippen LogP contribution in [0.5, 0.6) is 0 Å². The minimum absolute atomic E-state index is 0.153. The van der Waals surface area contributed by atoms with Gasteiger partial charge in [-0.05, 0) is 43.3 Å². The number of ether oxygens (including phenoxy) is 1. The monoisotopic (exact) mass is 331 g/mol. The Balaban J connectivity index is 1.91. The lowest BCUT2D eigenvalue weighted by molar-refractivity contribution is -0.119. The van der Waals surface area contributed by atoms with Gasteiger partial charge in [-0.25, -0.2) is 4.79 Å². The van der Waals surface area contributed by atoms with E-state index in [0.717, 1.165) is 0 Å². The number of anilines is 1. The predicted octanol–water partition coefficient (Wildman–Crippen LogP) is 3.34. The predicted molar refractivity (Wildman–Crippen MR) is 86.8 cm³/mol. The van der Waals surface area contributed by atoms with Gasteiger partial charge in [-0.2, -0.15) is 0 Å². The topological polar surface area (TPSA) is 72.5 Å². The number of nitrogens with one attached hydrogen (secondary N) is 1. The van der Waals surface area contributed by atoms with Crippen molar-refractivity contribution in [2.75, 3.05) is 11.9 Å². The average Bonchev–Trinajstić information content (AvgIpc) is 2.55. The van der Waals surface area contributed by atoms with Crippen molar-refractivity contribution in [3.63, 3.8) is 0 Å². The summed E-state index contributed by atoms with van der Waals surface area (Å²) in [6, 6.07) is 12.7. The molecule has 0 aliphatic rings. The molecule has 0 heterocycles. The van der Waals surface area contributed by atoms with E-state index in [1.54, 1.807) is 36.4 Å². The molecule has 0 radical (unpaired) electrons. The lowest BCUT2D eigenvalue weighted by Gasteiger charge is -2.07. The maximum Gasteiger partial charge on any atom is 0.338 e. The largest absolute Gasteiger partial charge is 0.452 e. The molecule has 0 unspecified atom stereocenters. The fraction of sp³-hybridized carbons (Fsp3) is 0.118. The van der Waals surface area contributed by atoms with Crippen molar-refractivity contribution in [1.29, 1.82) is 0 Å². The first-order valence-corrected chi connectivity index (χ1v) is 7.17. The zero-order chi connectivity index (χ0) is 16.8. The first-order valence-electron chi connectivity index (χ1n) is 6.79. The number of benzene rings is 2. The van der Waals surface area contributed by atoms with E-state index >= 15 is 0 Å². The van der Waals surface area contributed by atoms with E-state index < -0.39 is 18.5 Å². The van der Waals surface area contributed by atoms with E-state index in [4.69, 9.17) is 16.3 Å². The van der Waals surface area contributed by atoms with Gasteiger partial charge in [0, 0.05) is 16.3 Å². The molecule has 6 heteroatoms. The average molecular weight is 332 g/mol. The Morgan fingerprint density at radius 2 is 1.70 bits per heavy atom. The van der Waals surface area contributed by atoms with Gasteiger partial charge in [0.25, 0.3) is 5.91 Å². The molecule has 1 amide bonds. The Kier molecular flexibility index (Phi) is 5.49. The maximum atomic E-state index is 11.9. The molecule has 0 spiro atoms. The van der Waals surface area contributed by atoms with Crippen LogP contribution in [0.2, 0.25) is 5.02 Å². The summed E-state index contributed by atoms with van der Waals surface area (Å²) >= 11 is 5.75. The number of halogens is 1. The Hall–Kier alpha value is -2.66. The highest BCUT2D eigenvalue weighted by molar-refractivity contribution is 6.30. The van der Waals surface area contributed by atoms with Crippen LogP contribution in [0.1, 0.15) is 27.6 Å². The van der Waals surface area contributed by atoms with E-state index in [0.29, 0.717) is 16.3 Å². The van der Waals surface area contributed by atoms with Crippen molar-refractivity contribution in [3.05, 3.63) is 64.7 Å². The fourth-order valence-electron chi connectivity index (χ4n) is 1.81. The van der Waals surface area contributed by atoms with Crippen LogP contribution in [0.3, 0.4) is 0 Å². The van der Waals surface area contributed by atoms with Gasteiger partial charge >= 0.3 is 5.97 Å². The molecule has 0 bridgehead atoms. The molecule has 118 valence electrons. The second kappa shape index (κ2) is 7.56. The Morgan fingerprint density at radius 3 is 2.35 bits per heavy atom. The number of carbonyl (C=O) groups excluding carboxylic acids is 3. The zero-order valence-corrected chi connectivity index (χ0v) is 13.1. The molecular weight excluding hydrogens is 318 g/mol. The standard InChI is InChI=1S/C17H14ClNO4/c1-11(20)12-3-2-4-13(9-12)17(22)23-10-16(21)19-15-7-5-14(18)6-8-15/h2-9H,10H2,1H3,(H,19,21). The summed E-state index contributed by atoms with van der Waals surface area (Å²) in [6.45, 7) is 0.982. The van der Waals surface area contributed by atoms with Gasteiger partial charge in [-0.3, -0.25) is 9.59 Å². The van der Waals surface area contributed by atoms with Crippen LogP contribution < -0.4 is 5.32 Å². The molecule has 0 fully saturated rings. The molecule has 5 nitrogen and oxygen atoms in total. The molecule has 0 saturated carbocycles. The van der Waals surface area contributed by atoms with Crippen LogP contribution in [0.15, 0.2) is 48.5 Å². The van der Waals surface area contributed by atoms with Crippen LogP contribution in [-0.2, 0) is 9.53 Å². The summed E-state index contributed by atoms with van der Waals surface area (Å²) in [5.74, 6) is -1.29. The first kappa shape index (κ1) is 16.7. The highest BCUT2D eigenvalue weighted by Gasteiger charge is 2.12. The number of Topliss-reactive ketones (excluding diaryl/α,β-unsaturated/α-hetero) is 1. The Labute approximate surface area is 138 Å². The lowest BCUT2D eigenvalue weighted by atomic mass is 10.1. The van der Waals surface area contributed by atoms with Crippen molar-refractivity contribution in [2.45, 2.75) is 6.92 Å². The molecule has 1 N–H and O–H groups in total. The van der Waals surface area contributed by atoms with Crippen LogP contribution in [0, 0.1) is 0 Å². The molecule has 2 rings (SSSR count). The van der Waals surface area contributed by atoms with E-state index in [1.165, 1.54) is 19.1 Å². The molecular formula is C17H14ClNO4. The van der Waals surface area contributed by atoms with Crippen LogP contribution >= 0.6 is 11.6 Å². The minimum atomic E-state index is -0.667. The zero-order valence-electron chi connectivity index (χ0n) is 12.3. The molecule has 23 heavy (non-hydrogen) atoms. The number of amides is 1. The van der Waals surface area contributed by atoms with Crippen molar-refractivity contribution in [1.82, 2.24) is 0 Å². The number of hydrogen-bond acceptors (Lipinski definition) is 4. The number of esters is 1. The molecule has 0 aliphatic carbocycles. The van der Waals surface area contributed by atoms with Gasteiger partial charge in [0.15, 0.2) is 12.4 Å². The second-order valence-electron chi connectivity index (χ2n) is 4.77. The molecule has 2 aromatic carbocycles. The molecule has 2 aromatic rings. The summed E-state index contributed by atoms with van der Waals surface area (Å²) < 4.78 is 4.93.